The summed E-state index contributed by atoms with van der Waals surface area (Å²) in [6.45, 7) is 0. The summed E-state index contributed by atoms with van der Waals surface area (Å²) in [5.74, 6) is -1.82. The molecule has 3 rings (SSSR count). The predicted molar refractivity (Wildman–Crippen MR) is 79.9 cm³/mol. The van der Waals surface area contributed by atoms with E-state index in [1.807, 2.05) is 0 Å². The fraction of sp³-hybridized carbons (Fsp3) is 0.500. The number of halogens is 5. The van der Waals surface area contributed by atoms with Crippen molar-refractivity contribution in [2.45, 2.75) is 44.3 Å². The number of para-hydroxylation sites is 1. The Hall–Kier alpha value is -1.99. The molecular formula is C16H16F5N3. The van der Waals surface area contributed by atoms with E-state index in [2.05, 4.69) is 15.3 Å². The maximum absolute atomic E-state index is 13.0. The summed E-state index contributed by atoms with van der Waals surface area (Å²) in [4.78, 5) is 7.63. The van der Waals surface area contributed by atoms with Crippen LogP contribution < -0.4 is 5.32 Å². The molecule has 2 aromatic rings. The van der Waals surface area contributed by atoms with Crippen molar-refractivity contribution in [3.63, 3.8) is 0 Å². The molecule has 1 N–H and O–H groups in total. The van der Waals surface area contributed by atoms with E-state index in [9.17, 15) is 22.0 Å². The predicted octanol–water partition coefficient (Wildman–Crippen LogP) is 5.10. The van der Waals surface area contributed by atoms with Crippen molar-refractivity contribution in [3.8, 4) is 0 Å². The highest BCUT2D eigenvalue weighted by molar-refractivity contribution is 5.89. The Morgan fingerprint density at radius 2 is 1.83 bits per heavy atom. The molecular weight excluding hydrogens is 329 g/mol. The molecule has 0 spiro atoms. The van der Waals surface area contributed by atoms with Gasteiger partial charge in [0.25, 0.3) is 6.43 Å². The topological polar surface area (TPSA) is 37.8 Å². The van der Waals surface area contributed by atoms with Crippen LogP contribution >= 0.6 is 0 Å². The maximum Gasteiger partial charge on any atom is 0.391 e. The van der Waals surface area contributed by atoms with E-state index < -0.39 is 30.4 Å². The molecule has 2 unspecified atom stereocenters. The molecule has 130 valence electrons. The van der Waals surface area contributed by atoms with Gasteiger partial charge >= 0.3 is 6.18 Å². The lowest BCUT2D eigenvalue weighted by molar-refractivity contribution is -0.182. The van der Waals surface area contributed by atoms with Crippen molar-refractivity contribution in [1.29, 1.82) is 0 Å². The van der Waals surface area contributed by atoms with Crippen LogP contribution in [0, 0.1) is 5.92 Å². The number of anilines is 1. The Morgan fingerprint density at radius 1 is 1.08 bits per heavy atom. The molecule has 0 saturated heterocycles. The number of rotatable bonds is 3. The largest absolute Gasteiger partial charge is 0.391 e. The van der Waals surface area contributed by atoms with Gasteiger partial charge in [-0.1, -0.05) is 18.6 Å². The Labute approximate surface area is 135 Å². The Kier molecular flexibility index (Phi) is 4.56. The van der Waals surface area contributed by atoms with Crippen LogP contribution in [0.5, 0.6) is 0 Å². The van der Waals surface area contributed by atoms with E-state index in [0.29, 0.717) is 23.7 Å². The Bertz CT molecular complexity index is 716. The van der Waals surface area contributed by atoms with Crippen LogP contribution in [0.2, 0.25) is 0 Å². The number of nitrogens with zero attached hydrogens (tertiary/aromatic N) is 2. The molecule has 1 fully saturated rings. The molecule has 8 heteroatoms. The van der Waals surface area contributed by atoms with Gasteiger partial charge in [0, 0.05) is 11.4 Å². The highest BCUT2D eigenvalue weighted by atomic mass is 19.4. The summed E-state index contributed by atoms with van der Waals surface area (Å²) in [5.41, 5.74) is 0.341. The van der Waals surface area contributed by atoms with Gasteiger partial charge in [0.05, 0.1) is 11.4 Å². The van der Waals surface area contributed by atoms with Crippen LogP contribution in [0.25, 0.3) is 10.9 Å². The first kappa shape index (κ1) is 16.9. The third kappa shape index (κ3) is 3.57. The molecule has 1 aliphatic carbocycles. The van der Waals surface area contributed by atoms with E-state index in [1.165, 1.54) is 0 Å². The van der Waals surface area contributed by atoms with Gasteiger partial charge in [-0.05, 0) is 31.4 Å². The summed E-state index contributed by atoms with van der Waals surface area (Å²) in [5, 5.41) is 3.46. The summed E-state index contributed by atoms with van der Waals surface area (Å²) < 4.78 is 64.7. The molecule has 2 atom stereocenters. The lowest BCUT2D eigenvalue weighted by Crippen LogP contribution is -2.35. The van der Waals surface area contributed by atoms with Crippen LogP contribution in [-0.4, -0.2) is 22.2 Å². The van der Waals surface area contributed by atoms with Crippen LogP contribution in [0.1, 0.15) is 37.9 Å². The van der Waals surface area contributed by atoms with Crippen LogP contribution in [0.15, 0.2) is 24.3 Å². The molecule has 0 aliphatic heterocycles. The van der Waals surface area contributed by atoms with Crippen molar-refractivity contribution >= 4 is 16.7 Å². The summed E-state index contributed by atoms with van der Waals surface area (Å²) in [6, 6.07) is 6.16. The SMILES string of the molecule is FC(F)c1nc(NC2CCCC(C(F)(F)F)C2)c2ccccc2n1. The zero-order valence-electron chi connectivity index (χ0n) is 12.7. The first-order valence-corrected chi connectivity index (χ1v) is 7.72. The van der Waals surface area contributed by atoms with Gasteiger partial charge in [0.15, 0.2) is 5.82 Å². The third-order valence-electron chi connectivity index (χ3n) is 4.29. The van der Waals surface area contributed by atoms with Crippen molar-refractivity contribution < 1.29 is 22.0 Å². The maximum atomic E-state index is 13.0. The molecule has 1 aromatic carbocycles. The first-order chi connectivity index (χ1) is 11.3. The van der Waals surface area contributed by atoms with Gasteiger partial charge in [0.2, 0.25) is 0 Å². The molecule has 0 radical (unpaired) electrons. The summed E-state index contributed by atoms with van der Waals surface area (Å²) in [6.07, 6.45) is -6.06. The van der Waals surface area contributed by atoms with Crippen molar-refractivity contribution in [1.82, 2.24) is 9.97 Å². The smallest absolute Gasteiger partial charge is 0.367 e. The second-order valence-corrected chi connectivity index (χ2v) is 5.99. The molecule has 1 aromatic heterocycles. The van der Waals surface area contributed by atoms with E-state index >= 15 is 0 Å². The Morgan fingerprint density at radius 3 is 2.54 bits per heavy atom. The summed E-state index contributed by atoms with van der Waals surface area (Å²) in [7, 11) is 0. The quantitative estimate of drug-likeness (QED) is 0.787. The number of hydrogen-bond acceptors (Lipinski definition) is 3. The number of alkyl halides is 5. The van der Waals surface area contributed by atoms with Crippen LogP contribution in [0.4, 0.5) is 27.8 Å². The van der Waals surface area contributed by atoms with Crippen molar-refractivity contribution in [3.05, 3.63) is 30.1 Å². The normalized spacial score (nSPS) is 22.1. The number of fused-ring (bicyclic) bond motifs is 1. The highest BCUT2D eigenvalue weighted by Crippen LogP contribution is 2.38. The van der Waals surface area contributed by atoms with Gasteiger partial charge in [-0.15, -0.1) is 0 Å². The first-order valence-electron chi connectivity index (χ1n) is 7.72. The second-order valence-electron chi connectivity index (χ2n) is 5.99. The molecule has 24 heavy (non-hydrogen) atoms. The molecule has 1 saturated carbocycles. The fourth-order valence-corrected chi connectivity index (χ4v) is 3.11. The van der Waals surface area contributed by atoms with E-state index in [0.717, 1.165) is 0 Å². The monoisotopic (exact) mass is 345 g/mol. The second kappa shape index (κ2) is 6.49. The molecule has 1 aliphatic rings. The summed E-state index contributed by atoms with van der Waals surface area (Å²) >= 11 is 0. The van der Waals surface area contributed by atoms with E-state index in [-0.39, 0.29) is 18.7 Å². The average Bonchev–Trinajstić information content (AvgIpc) is 2.54. The van der Waals surface area contributed by atoms with E-state index in [1.54, 1.807) is 24.3 Å². The van der Waals surface area contributed by atoms with E-state index in [4.69, 9.17) is 0 Å². The number of hydrogen-bond donors (Lipinski definition) is 1. The zero-order chi connectivity index (χ0) is 17.3. The fourth-order valence-electron chi connectivity index (χ4n) is 3.11. The van der Waals surface area contributed by atoms with Crippen LogP contribution in [-0.2, 0) is 0 Å². The number of benzene rings is 1. The zero-order valence-corrected chi connectivity index (χ0v) is 12.7. The molecule has 0 bridgehead atoms. The minimum absolute atomic E-state index is 0.0775. The standard InChI is InChI=1S/C16H16F5N3/c17-13(18)15-23-12-7-2-1-6-11(12)14(24-15)22-10-5-3-4-9(8-10)16(19,20)21/h1-2,6-7,9-10,13H,3-5,8H2,(H,22,23,24). The minimum atomic E-state index is -4.23. The highest BCUT2D eigenvalue weighted by Gasteiger charge is 2.42. The van der Waals surface area contributed by atoms with Gasteiger partial charge in [-0.25, -0.2) is 18.7 Å². The molecule has 3 nitrogen and oxygen atoms in total. The number of nitrogens with one attached hydrogen (secondary N) is 1. The van der Waals surface area contributed by atoms with Gasteiger partial charge in [-0.3, -0.25) is 0 Å². The Balaban J connectivity index is 1.89. The van der Waals surface area contributed by atoms with Crippen LogP contribution in [0.3, 0.4) is 0 Å². The van der Waals surface area contributed by atoms with Crippen molar-refractivity contribution in [2.75, 3.05) is 5.32 Å². The van der Waals surface area contributed by atoms with Gasteiger partial charge in [0.1, 0.15) is 5.82 Å². The van der Waals surface area contributed by atoms with Gasteiger partial charge < -0.3 is 5.32 Å². The van der Waals surface area contributed by atoms with Gasteiger partial charge in [-0.2, -0.15) is 13.2 Å². The minimum Gasteiger partial charge on any atom is -0.367 e. The number of aromatic nitrogens is 2. The molecule has 1 heterocycles. The third-order valence-corrected chi connectivity index (χ3v) is 4.29. The molecule has 0 amide bonds. The van der Waals surface area contributed by atoms with Crippen molar-refractivity contribution in [2.24, 2.45) is 5.92 Å². The average molecular weight is 345 g/mol. The lowest BCUT2D eigenvalue weighted by Gasteiger charge is -2.31. The lowest BCUT2D eigenvalue weighted by atomic mass is 9.85.